The minimum atomic E-state index is -3.68. The van der Waals surface area contributed by atoms with E-state index in [1.165, 1.54) is 4.31 Å². The van der Waals surface area contributed by atoms with Gasteiger partial charge in [0, 0.05) is 55.5 Å². The van der Waals surface area contributed by atoms with Gasteiger partial charge in [-0.2, -0.15) is 4.31 Å². The summed E-state index contributed by atoms with van der Waals surface area (Å²) in [5, 5.41) is 10.1. The maximum atomic E-state index is 13.4. The van der Waals surface area contributed by atoms with E-state index in [1.807, 2.05) is 38.1 Å². The van der Waals surface area contributed by atoms with Gasteiger partial charge in [0.15, 0.2) is 0 Å². The van der Waals surface area contributed by atoms with Crippen LogP contribution < -0.4 is 9.80 Å². The lowest BCUT2D eigenvalue weighted by molar-refractivity contribution is -0.144. The second-order valence-corrected chi connectivity index (χ2v) is 12.2. The lowest BCUT2D eigenvalue weighted by Gasteiger charge is -2.35. The number of hydrogen-bond donors (Lipinski definition) is 1. The van der Waals surface area contributed by atoms with Crippen LogP contribution in [0.15, 0.2) is 47.4 Å². The number of sulfonamides is 1. The number of rotatable bonds is 8. The highest BCUT2D eigenvalue weighted by Gasteiger charge is 2.33. The Morgan fingerprint density at radius 3 is 2.39 bits per heavy atom. The van der Waals surface area contributed by atoms with Crippen molar-refractivity contribution < 1.29 is 23.1 Å². The van der Waals surface area contributed by atoms with Crippen LogP contribution in [0.5, 0.6) is 0 Å². The Morgan fingerprint density at radius 1 is 1.03 bits per heavy atom. The highest BCUT2D eigenvalue weighted by Crippen LogP contribution is 2.33. The smallest absolute Gasteiger partial charge is 0.307 e. The molecule has 2 aliphatic heterocycles. The predicted octanol–water partition coefficient (Wildman–Crippen LogP) is 3.88. The molecule has 1 atom stereocenters. The first-order valence-electron chi connectivity index (χ1n) is 12.2. The number of aliphatic carboxylic acids is 1. The molecule has 0 saturated carbocycles. The van der Waals surface area contributed by atoms with Crippen molar-refractivity contribution in [1.82, 2.24) is 4.31 Å². The lowest BCUT2D eigenvalue weighted by atomic mass is 9.94. The highest BCUT2D eigenvalue weighted by molar-refractivity contribution is 7.89. The monoisotopic (exact) mass is 533 g/mol. The van der Waals surface area contributed by atoms with Gasteiger partial charge in [-0.15, -0.1) is 0 Å². The Labute approximate surface area is 217 Å². The SMILES string of the molecule is CC(C)CC(CC(=O)N1CCc2cc(S(=O)(=O)N3CCN(c4cccc(Cl)c4)CC3)ccc21)C(=O)O. The Kier molecular flexibility index (Phi) is 7.92. The molecule has 2 heterocycles. The minimum Gasteiger partial charge on any atom is -0.481 e. The molecule has 36 heavy (non-hydrogen) atoms. The van der Waals surface area contributed by atoms with Crippen molar-refractivity contribution in [2.75, 3.05) is 42.5 Å². The topological polar surface area (TPSA) is 98.2 Å². The number of carboxylic acids is 1. The number of fused-ring (bicyclic) bond motifs is 1. The van der Waals surface area contributed by atoms with Crippen LogP contribution >= 0.6 is 11.6 Å². The number of piperazine rings is 1. The first-order valence-corrected chi connectivity index (χ1v) is 14.0. The van der Waals surface area contributed by atoms with Crippen LogP contribution in [0.2, 0.25) is 5.02 Å². The van der Waals surface area contributed by atoms with E-state index in [4.69, 9.17) is 11.6 Å². The molecule has 0 aromatic heterocycles. The molecule has 0 radical (unpaired) electrons. The van der Waals surface area contributed by atoms with Gasteiger partial charge in [0.05, 0.1) is 10.8 Å². The average Bonchev–Trinajstić information content (AvgIpc) is 3.27. The molecule has 0 bridgehead atoms. The summed E-state index contributed by atoms with van der Waals surface area (Å²) in [5.41, 5.74) is 2.43. The van der Waals surface area contributed by atoms with Crippen molar-refractivity contribution in [2.45, 2.75) is 38.0 Å². The zero-order chi connectivity index (χ0) is 26.0. The van der Waals surface area contributed by atoms with E-state index in [9.17, 15) is 23.1 Å². The number of amides is 1. The Balaban J connectivity index is 1.44. The summed E-state index contributed by atoms with van der Waals surface area (Å²) in [4.78, 5) is 28.5. The summed E-state index contributed by atoms with van der Waals surface area (Å²) in [7, 11) is -3.68. The summed E-state index contributed by atoms with van der Waals surface area (Å²) in [6.07, 6.45) is 0.905. The largest absolute Gasteiger partial charge is 0.481 e. The average molecular weight is 534 g/mol. The van der Waals surface area contributed by atoms with Gasteiger partial charge in [-0.25, -0.2) is 8.42 Å². The molecule has 4 rings (SSSR count). The van der Waals surface area contributed by atoms with Crippen molar-refractivity contribution in [3.05, 3.63) is 53.1 Å². The van der Waals surface area contributed by atoms with Crippen molar-refractivity contribution >= 4 is 44.9 Å². The standard InChI is InChI=1S/C26H32ClN3O5S/c1-18(2)14-20(26(32)33)16-25(31)30-9-8-19-15-23(6-7-24(19)30)36(34,35)29-12-10-28(11-13-29)22-5-3-4-21(27)17-22/h3-7,15,17-18,20H,8-14,16H2,1-2H3,(H,32,33). The zero-order valence-corrected chi connectivity index (χ0v) is 22.1. The predicted molar refractivity (Wildman–Crippen MR) is 140 cm³/mol. The molecular formula is C26H32ClN3O5S. The second kappa shape index (κ2) is 10.8. The van der Waals surface area contributed by atoms with Crippen molar-refractivity contribution in [1.29, 1.82) is 0 Å². The fraction of sp³-hybridized carbons (Fsp3) is 0.462. The molecule has 1 N–H and O–H groups in total. The molecule has 0 aliphatic carbocycles. The molecule has 2 aromatic carbocycles. The summed E-state index contributed by atoms with van der Waals surface area (Å²) in [6.45, 7) is 6.15. The van der Waals surface area contributed by atoms with Gasteiger partial charge in [-0.3, -0.25) is 9.59 Å². The third-order valence-electron chi connectivity index (χ3n) is 6.82. The first kappa shape index (κ1) is 26.4. The van der Waals surface area contributed by atoms with Crippen LogP contribution in [0.25, 0.3) is 0 Å². The van der Waals surface area contributed by atoms with E-state index in [2.05, 4.69) is 4.90 Å². The van der Waals surface area contributed by atoms with E-state index < -0.39 is 21.9 Å². The lowest BCUT2D eigenvalue weighted by Crippen LogP contribution is -2.48. The van der Waals surface area contributed by atoms with Crippen LogP contribution in [-0.4, -0.2) is 62.4 Å². The molecule has 1 amide bonds. The van der Waals surface area contributed by atoms with E-state index in [0.29, 0.717) is 56.3 Å². The summed E-state index contributed by atoms with van der Waals surface area (Å²) in [5.74, 6) is -1.76. The van der Waals surface area contributed by atoms with Crippen LogP contribution in [-0.2, 0) is 26.0 Å². The van der Waals surface area contributed by atoms with Crippen LogP contribution in [0.3, 0.4) is 0 Å². The number of carbonyl (C=O) groups is 2. The molecule has 0 spiro atoms. The van der Waals surface area contributed by atoms with E-state index >= 15 is 0 Å². The maximum absolute atomic E-state index is 13.4. The van der Waals surface area contributed by atoms with E-state index in [0.717, 1.165) is 11.3 Å². The van der Waals surface area contributed by atoms with Gasteiger partial charge in [-0.05, 0) is 60.7 Å². The molecule has 194 valence electrons. The second-order valence-electron chi connectivity index (χ2n) is 9.83. The van der Waals surface area contributed by atoms with Crippen molar-refractivity contribution in [3.63, 3.8) is 0 Å². The van der Waals surface area contributed by atoms with E-state index in [-0.39, 0.29) is 23.1 Å². The molecular weight excluding hydrogens is 502 g/mol. The molecule has 10 heteroatoms. The summed E-state index contributed by atoms with van der Waals surface area (Å²) >= 11 is 6.10. The normalized spacial score (nSPS) is 17.3. The quantitative estimate of drug-likeness (QED) is 0.553. The van der Waals surface area contributed by atoms with Gasteiger partial charge >= 0.3 is 5.97 Å². The van der Waals surface area contributed by atoms with Crippen molar-refractivity contribution in [2.24, 2.45) is 11.8 Å². The molecule has 1 fully saturated rings. The molecule has 8 nitrogen and oxygen atoms in total. The van der Waals surface area contributed by atoms with Gasteiger partial charge in [-0.1, -0.05) is 31.5 Å². The van der Waals surface area contributed by atoms with Crippen LogP contribution in [0, 0.1) is 11.8 Å². The van der Waals surface area contributed by atoms with Crippen LogP contribution in [0.1, 0.15) is 32.3 Å². The van der Waals surface area contributed by atoms with E-state index in [1.54, 1.807) is 23.1 Å². The fourth-order valence-corrected chi connectivity index (χ4v) is 6.63. The first-order chi connectivity index (χ1) is 17.1. The maximum Gasteiger partial charge on any atom is 0.307 e. The number of carbonyl (C=O) groups excluding carboxylic acids is 1. The van der Waals surface area contributed by atoms with Gasteiger partial charge < -0.3 is 14.9 Å². The fourth-order valence-electron chi connectivity index (χ4n) is 4.97. The third-order valence-corrected chi connectivity index (χ3v) is 8.95. The number of halogens is 1. The number of benzene rings is 2. The molecule has 2 aliphatic rings. The Bertz CT molecular complexity index is 1240. The van der Waals surface area contributed by atoms with Crippen LogP contribution in [0.4, 0.5) is 11.4 Å². The van der Waals surface area contributed by atoms with Gasteiger partial charge in [0.2, 0.25) is 15.9 Å². The molecule has 1 saturated heterocycles. The highest BCUT2D eigenvalue weighted by atomic mass is 35.5. The Morgan fingerprint density at radius 2 is 1.75 bits per heavy atom. The number of hydrogen-bond acceptors (Lipinski definition) is 5. The third kappa shape index (κ3) is 5.68. The van der Waals surface area contributed by atoms with Gasteiger partial charge in [0.25, 0.3) is 0 Å². The Hall–Kier alpha value is -2.62. The number of nitrogens with zero attached hydrogens (tertiary/aromatic N) is 3. The zero-order valence-electron chi connectivity index (χ0n) is 20.6. The summed E-state index contributed by atoms with van der Waals surface area (Å²) in [6, 6.07) is 12.4. The number of carboxylic acid groups (broad SMARTS) is 1. The summed E-state index contributed by atoms with van der Waals surface area (Å²) < 4.78 is 28.2. The minimum absolute atomic E-state index is 0.0656. The molecule has 2 aromatic rings. The van der Waals surface area contributed by atoms with Crippen molar-refractivity contribution in [3.8, 4) is 0 Å². The molecule has 1 unspecified atom stereocenters. The van der Waals surface area contributed by atoms with Gasteiger partial charge in [0.1, 0.15) is 0 Å². The number of anilines is 2.